The molecule has 2 aromatic rings. The third-order valence-corrected chi connectivity index (χ3v) is 2.90. The van der Waals surface area contributed by atoms with Crippen LogP contribution in [0.25, 0.3) is 11.3 Å². The number of hydrogen-bond donors (Lipinski definition) is 0. The van der Waals surface area contributed by atoms with Crippen LogP contribution in [0, 0.1) is 0 Å². The molecule has 0 spiro atoms. The summed E-state index contributed by atoms with van der Waals surface area (Å²) in [7, 11) is 4.69. The lowest BCUT2D eigenvalue weighted by Gasteiger charge is -2.13. The van der Waals surface area contributed by atoms with Crippen LogP contribution in [0.2, 0.25) is 5.15 Å². The van der Waals surface area contributed by atoms with E-state index in [9.17, 15) is 0 Å². The van der Waals surface area contributed by atoms with Crippen molar-refractivity contribution in [2.24, 2.45) is 0 Å². The van der Waals surface area contributed by atoms with Gasteiger partial charge >= 0.3 is 0 Å². The molecule has 2 rings (SSSR count). The van der Waals surface area contributed by atoms with Crippen molar-refractivity contribution in [2.45, 2.75) is 0 Å². The number of rotatable bonds is 4. The summed E-state index contributed by atoms with van der Waals surface area (Å²) in [5.74, 6) is 1.73. The van der Waals surface area contributed by atoms with Gasteiger partial charge in [0.25, 0.3) is 0 Å². The van der Waals surface area contributed by atoms with Crippen molar-refractivity contribution >= 4 is 11.6 Å². The van der Waals surface area contributed by atoms with Crippen LogP contribution < -0.4 is 14.2 Å². The first-order chi connectivity index (χ1) is 9.21. The first kappa shape index (κ1) is 13.4. The first-order valence-electron chi connectivity index (χ1n) is 5.48. The van der Waals surface area contributed by atoms with Gasteiger partial charge in [-0.1, -0.05) is 11.6 Å². The Balaban J connectivity index is 2.66. The number of hydrogen-bond acceptors (Lipinski definition) is 5. The molecule has 0 N–H and O–H groups in total. The second-order valence-electron chi connectivity index (χ2n) is 3.61. The highest BCUT2D eigenvalue weighted by molar-refractivity contribution is 6.31. The topological polar surface area (TPSA) is 53.5 Å². The van der Waals surface area contributed by atoms with Crippen LogP contribution in [0.15, 0.2) is 24.5 Å². The van der Waals surface area contributed by atoms with Gasteiger partial charge in [0.05, 0.1) is 21.3 Å². The lowest BCUT2D eigenvalue weighted by Crippen LogP contribution is -1.97. The van der Waals surface area contributed by atoms with Crippen LogP contribution >= 0.6 is 11.6 Å². The third-order valence-electron chi connectivity index (χ3n) is 2.63. The molecule has 0 atom stereocenters. The fourth-order valence-corrected chi connectivity index (χ4v) is 1.93. The fourth-order valence-electron chi connectivity index (χ4n) is 1.72. The minimum atomic E-state index is 0.248. The quantitative estimate of drug-likeness (QED) is 0.806. The average molecular weight is 281 g/mol. The van der Waals surface area contributed by atoms with Crippen molar-refractivity contribution in [3.05, 3.63) is 29.7 Å². The summed E-state index contributed by atoms with van der Waals surface area (Å²) in [4.78, 5) is 8.10. The Bertz CT molecular complexity index is 590. The van der Waals surface area contributed by atoms with E-state index in [0.29, 0.717) is 22.9 Å². The molecule has 0 saturated carbocycles. The number of halogens is 1. The average Bonchev–Trinajstić information content (AvgIpc) is 2.46. The van der Waals surface area contributed by atoms with Crippen LogP contribution in [0.4, 0.5) is 0 Å². The van der Waals surface area contributed by atoms with E-state index < -0.39 is 0 Å². The second kappa shape index (κ2) is 5.75. The molecule has 0 aliphatic rings. The molecule has 1 heterocycles. The molecule has 100 valence electrons. The third kappa shape index (κ3) is 2.56. The molecule has 5 nitrogen and oxygen atoms in total. The van der Waals surface area contributed by atoms with E-state index in [1.165, 1.54) is 13.4 Å². The largest absolute Gasteiger partial charge is 0.497 e. The monoisotopic (exact) mass is 280 g/mol. The summed E-state index contributed by atoms with van der Waals surface area (Å²) in [5.41, 5.74) is 1.28. The van der Waals surface area contributed by atoms with Crippen molar-refractivity contribution < 1.29 is 14.2 Å². The number of methoxy groups -OCH3 is 3. The minimum absolute atomic E-state index is 0.248. The zero-order valence-corrected chi connectivity index (χ0v) is 11.6. The number of aromatic nitrogens is 2. The van der Waals surface area contributed by atoms with Gasteiger partial charge in [-0.15, -0.1) is 0 Å². The number of ether oxygens (including phenoxy) is 3. The summed E-state index contributed by atoms with van der Waals surface area (Å²) < 4.78 is 15.8. The van der Waals surface area contributed by atoms with Crippen LogP contribution in [-0.2, 0) is 0 Å². The Morgan fingerprint density at radius 1 is 1.00 bits per heavy atom. The van der Waals surface area contributed by atoms with Gasteiger partial charge in [0.2, 0.25) is 0 Å². The summed E-state index contributed by atoms with van der Waals surface area (Å²) in [6.45, 7) is 0. The van der Waals surface area contributed by atoms with Crippen LogP contribution in [0.5, 0.6) is 17.2 Å². The van der Waals surface area contributed by atoms with Gasteiger partial charge in [0, 0.05) is 5.56 Å². The van der Waals surface area contributed by atoms with Crippen LogP contribution in [0.1, 0.15) is 0 Å². The second-order valence-corrected chi connectivity index (χ2v) is 3.97. The van der Waals surface area contributed by atoms with E-state index in [0.717, 1.165) is 5.56 Å². The zero-order valence-electron chi connectivity index (χ0n) is 10.8. The van der Waals surface area contributed by atoms with E-state index in [4.69, 9.17) is 25.8 Å². The van der Waals surface area contributed by atoms with Crippen molar-refractivity contribution in [3.63, 3.8) is 0 Å². The Morgan fingerprint density at radius 2 is 1.79 bits per heavy atom. The molecular weight excluding hydrogens is 268 g/mol. The normalized spacial score (nSPS) is 10.1. The first-order valence-corrected chi connectivity index (χ1v) is 5.86. The molecule has 6 heteroatoms. The van der Waals surface area contributed by atoms with E-state index in [-0.39, 0.29) is 5.15 Å². The highest BCUT2D eigenvalue weighted by Gasteiger charge is 2.17. The van der Waals surface area contributed by atoms with Gasteiger partial charge in [0.15, 0.2) is 10.9 Å². The molecule has 0 aliphatic heterocycles. The lowest BCUT2D eigenvalue weighted by molar-refractivity contribution is 0.401. The van der Waals surface area contributed by atoms with Gasteiger partial charge in [-0.05, 0) is 18.2 Å². The molecule has 0 amide bonds. The number of benzene rings is 1. The maximum absolute atomic E-state index is 6.00. The molecule has 0 unspecified atom stereocenters. The Kier molecular flexibility index (Phi) is 4.06. The van der Waals surface area contributed by atoms with Crippen molar-refractivity contribution in [2.75, 3.05) is 21.3 Å². The van der Waals surface area contributed by atoms with Gasteiger partial charge in [-0.25, -0.2) is 9.97 Å². The van der Waals surface area contributed by atoms with Crippen molar-refractivity contribution in [1.29, 1.82) is 0 Å². The number of nitrogens with zero attached hydrogens (tertiary/aromatic N) is 2. The predicted octanol–water partition coefficient (Wildman–Crippen LogP) is 2.82. The summed E-state index contributed by atoms with van der Waals surface area (Å²) in [6.07, 6.45) is 1.37. The van der Waals surface area contributed by atoms with Gasteiger partial charge < -0.3 is 14.2 Å². The van der Waals surface area contributed by atoms with Crippen molar-refractivity contribution in [1.82, 2.24) is 9.97 Å². The molecule has 1 aromatic heterocycles. The van der Waals surface area contributed by atoms with Gasteiger partial charge in [0.1, 0.15) is 23.5 Å². The standard InChI is InChI=1S/C13H13ClN2O3/c1-17-8-4-5-10(18-2)9(6-8)11-12(19-3)13(14)16-7-15-11/h4-7H,1-3H3. The maximum Gasteiger partial charge on any atom is 0.182 e. The minimum Gasteiger partial charge on any atom is -0.497 e. The molecule has 0 fully saturated rings. The molecule has 0 bridgehead atoms. The van der Waals surface area contributed by atoms with E-state index >= 15 is 0 Å². The fraction of sp³-hybridized carbons (Fsp3) is 0.231. The van der Waals surface area contributed by atoms with Gasteiger partial charge in [-0.3, -0.25) is 0 Å². The molecular formula is C13H13ClN2O3. The molecule has 0 saturated heterocycles. The Hall–Kier alpha value is -2.01. The van der Waals surface area contributed by atoms with E-state index in [2.05, 4.69) is 9.97 Å². The molecule has 1 aromatic carbocycles. The van der Waals surface area contributed by atoms with E-state index in [1.807, 2.05) is 0 Å². The summed E-state index contributed by atoms with van der Waals surface area (Å²) >= 11 is 6.00. The molecule has 0 aliphatic carbocycles. The Labute approximate surface area is 116 Å². The lowest BCUT2D eigenvalue weighted by atomic mass is 10.1. The molecule has 19 heavy (non-hydrogen) atoms. The van der Waals surface area contributed by atoms with Crippen molar-refractivity contribution in [3.8, 4) is 28.5 Å². The Morgan fingerprint density at radius 3 is 2.42 bits per heavy atom. The van der Waals surface area contributed by atoms with Crippen LogP contribution in [-0.4, -0.2) is 31.3 Å². The SMILES string of the molecule is COc1ccc(OC)c(-c2ncnc(Cl)c2OC)c1. The predicted molar refractivity (Wildman–Crippen MR) is 72.1 cm³/mol. The maximum atomic E-state index is 6.00. The highest BCUT2D eigenvalue weighted by Crippen LogP contribution is 2.39. The van der Waals surface area contributed by atoms with Gasteiger partial charge in [-0.2, -0.15) is 0 Å². The zero-order chi connectivity index (χ0) is 13.8. The summed E-state index contributed by atoms with van der Waals surface area (Å²) in [5, 5.41) is 0.248. The highest BCUT2D eigenvalue weighted by atomic mass is 35.5. The molecule has 0 radical (unpaired) electrons. The van der Waals surface area contributed by atoms with E-state index in [1.54, 1.807) is 32.4 Å². The smallest absolute Gasteiger partial charge is 0.182 e. The summed E-state index contributed by atoms with van der Waals surface area (Å²) in [6, 6.07) is 5.40. The van der Waals surface area contributed by atoms with Crippen LogP contribution in [0.3, 0.4) is 0 Å².